The molecule has 0 aliphatic rings. The lowest BCUT2D eigenvalue weighted by molar-refractivity contribution is 0.372. The number of aromatic nitrogens is 2. The molecular weight excluding hydrogens is 340 g/mol. The van der Waals surface area contributed by atoms with Gasteiger partial charge < -0.3 is 0 Å². The van der Waals surface area contributed by atoms with Gasteiger partial charge in [-0.15, -0.1) is 11.6 Å². The highest BCUT2D eigenvalue weighted by Crippen LogP contribution is 2.38. The van der Waals surface area contributed by atoms with Gasteiger partial charge in [0.05, 0.1) is 16.4 Å². The van der Waals surface area contributed by atoms with Crippen LogP contribution >= 0.6 is 27.5 Å². The predicted octanol–water partition coefficient (Wildman–Crippen LogP) is 4.36. The maximum Gasteiger partial charge on any atom is 0.328 e. The summed E-state index contributed by atoms with van der Waals surface area (Å²) in [7, 11) is 3.57. The lowest BCUT2D eigenvalue weighted by Gasteiger charge is -2.23. The number of aryl methyl sites for hydroxylation is 2. The van der Waals surface area contributed by atoms with Crippen molar-refractivity contribution in [1.29, 1.82) is 0 Å². The number of alkyl halides is 1. The first-order valence-corrected chi connectivity index (χ1v) is 7.83. The fourth-order valence-electron chi connectivity index (χ4n) is 2.42. The van der Waals surface area contributed by atoms with E-state index in [1.54, 1.807) is 23.2 Å². The standard InChI is InChI=1S/C15H20BrClN2O/c1-15(2,3)8-11(17)9-6-12-13(7-10(9)16)19(5)14(20)18(12)4/h6-7,11H,8H2,1-5H3. The van der Waals surface area contributed by atoms with Gasteiger partial charge in [-0.2, -0.15) is 0 Å². The van der Waals surface area contributed by atoms with Crippen molar-refractivity contribution in [3.63, 3.8) is 0 Å². The SMILES string of the molecule is Cn1c(=O)n(C)c2cc(C(Cl)CC(C)(C)C)c(Br)cc21. The van der Waals surface area contributed by atoms with Crippen molar-refractivity contribution in [2.45, 2.75) is 32.6 Å². The summed E-state index contributed by atoms with van der Waals surface area (Å²) in [5.74, 6) is 0. The Hall–Kier alpha value is -0.740. The number of hydrogen-bond acceptors (Lipinski definition) is 1. The minimum atomic E-state index is -0.0796. The fourth-order valence-corrected chi connectivity index (χ4v) is 3.81. The van der Waals surface area contributed by atoms with E-state index in [-0.39, 0.29) is 16.5 Å². The van der Waals surface area contributed by atoms with Crippen LogP contribution < -0.4 is 5.69 Å². The number of imidazole rings is 1. The molecule has 0 aliphatic carbocycles. The molecule has 0 amide bonds. The summed E-state index contributed by atoms with van der Waals surface area (Å²) >= 11 is 10.2. The third-order valence-electron chi connectivity index (χ3n) is 3.52. The summed E-state index contributed by atoms with van der Waals surface area (Å²) in [5, 5.41) is -0.0796. The van der Waals surface area contributed by atoms with Crippen molar-refractivity contribution in [1.82, 2.24) is 9.13 Å². The van der Waals surface area contributed by atoms with E-state index < -0.39 is 0 Å². The molecule has 1 atom stereocenters. The Balaban J connectivity index is 2.59. The molecule has 5 heteroatoms. The van der Waals surface area contributed by atoms with Crippen LogP contribution in [0.5, 0.6) is 0 Å². The van der Waals surface area contributed by atoms with E-state index in [9.17, 15) is 4.79 Å². The molecule has 1 unspecified atom stereocenters. The Labute approximate surface area is 132 Å². The first-order valence-electron chi connectivity index (χ1n) is 6.61. The van der Waals surface area contributed by atoms with Gasteiger partial charge in [0.25, 0.3) is 0 Å². The number of rotatable bonds is 2. The van der Waals surface area contributed by atoms with Crippen molar-refractivity contribution in [2.24, 2.45) is 19.5 Å². The molecule has 3 nitrogen and oxygen atoms in total. The van der Waals surface area contributed by atoms with Crippen LogP contribution in [0, 0.1) is 5.41 Å². The minimum absolute atomic E-state index is 0.0222. The van der Waals surface area contributed by atoms with Crippen molar-refractivity contribution in [3.8, 4) is 0 Å². The van der Waals surface area contributed by atoms with Crippen LogP contribution in [0.25, 0.3) is 11.0 Å². The van der Waals surface area contributed by atoms with E-state index in [1.807, 2.05) is 12.1 Å². The summed E-state index contributed by atoms with van der Waals surface area (Å²) in [6.45, 7) is 6.52. The molecule has 1 heterocycles. The fraction of sp³-hybridized carbons (Fsp3) is 0.533. The highest BCUT2D eigenvalue weighted by molar-refractivity contribution is 9.10. The molecule has 1 aromatic heterocycles. The highest BCUT2D eigenvalue weighted by atomic mass is 79.9. The first kappa shape index (κ1) is 15.6. The molecule has 0 spiro atoms. The number of nitrogens with zero attached hydrogens (tertiary/aromatic N) is 2. The average Bonchev–Trinajstić information content (AvgIpc) is 2.51. The molecule has 1 aromatic carbocycles. The zero-order valence-corrected chi connectivity index (χ0v) is 14.8. The summed E-state index contributed by atoms with van der Waals surface area (Å²) < 4.78 is 4.26. The van der Waals surface area contributed by atoms with Gasteiger partial charge in [-0.25, -0.2) is 4.79 Å². The Bertz CT molecular complexity index is 709. The molecular formula is C15H20BrClN2O. The van der Waals surface area contributed by atoms with Crippen LogP contribution in [0.1, 0.15) is 38.1 Å². The van der Waals surface area contributed by atoms with E-state index in [1.165, 1.54) is 0 Å². The molecule has 0 radical (unpaired) electrons. The molecule has 0 saturated heterocycles. The monoisotopic (exact) mass is 358 g/mol. The Morgan fingerprint density at radius 2 is 1.70 bits per heavy atom. The maximum atomic E-state index is 12.0. The zero-order valence-electron chi connectivity index (χ0n) is 12.5. The van der Waals surface area contributed by atoms with E-state index in [4.69, 9.17) is 11.6 Å². The summed E-state index contributed by atoms with van der Waals surface area (Å²) in [6, 6.07) is 3.99. The summed E-state index contributed by atoms with van der Waals surface area (Å²) in [5.41, 5.74) is 2.99. The van der Waals surface area contributed by atoms with Crippen molar-refractivity contribution in [3.05, 3.63) is 32.7 Å². The lowest BCUT2D eigenvalue weighted by atomic mass is 9.88. The second-order valence-electron chi connectivity index (χ2n) is 6.50. The Morgan fingerprint density at radius 1 is 1.20 bits per heavy atom. The van der Waals surface area contributed by atoms with E-state index in [2.05, 4.69) is 36.7 Å². The van der Waals surface area contributed by atoms with E-state index in [0.717, 1.165) is 27.5 Å². The normalized spacial score (nSPS) is 13.9. The largest absolute Gasteiger partial charge is 0.328 e. The molecule has 2 rings (SSSR count). The smallest absolute Gasteiger partial charge is 0.295 e. The quantitative estimate of drug-likeness (QED) is 0.732. The molecule has 20 heavy (non-hydrogen) atoms. The molecule has 0 N–H and O–H groups in total. The van der Waals surface area contributed by atoms with Gasteiger partial charge in [0.2, 0.25) is 0 Å². The minimum Gasteiger partial charge on any atom is -0.295 e. The van der Waals surface area contributed by atoms with Crippen LogP contribution in [-0.2, 0) is 14.1 Å². The van der Waals surface area contributed by atoms with Gasteiger partial charge in [0, 0.05) is 18.6 Å². The van der Waals surface area contributed by atoms with Gasteiger partial charge in [0.1, 0.15) is 0 Å². The van der Waals surface area contributed by atoms with Gasteiger partial charge in [0.15, 0.2) is 0 Å². The maximum absolute atomic E-state index is 12.0. The first-order chi connectivity index (χ1) is 9.11. The second kappa shape index (κ2) is 5.23. The van der Waals surface area contributed by atoms with Gasteiger partial charge in [-0.05, 0) is 29.5 Å². The molecule has 110 valence electrons. The zero-order chi connectivity index (χ0) is 15.2. The highest BCUT2D eigenvalue weighted by Gasteiger charge is 2.21. The number of benzene rings is 1. The molecule has 0 saturated carbocycles. The van der Waals surface area contributed by atoms with Crippen LogP contribution in [0.4, 0.5) is 0 Å². The summed E-state index contributed by atoms with van der Waals surface area (Å²) in [4.78, 5) is 12.0. The second-order valence-corrected chi connectivity index (χ2v) is 7.88. The van der Waals surface area contributed by atoms with Gasteiger partial charge >= 0.3 is 5.69 Å². The van der Waals surface area contributed by atoms with E-state index in [0.29, 0.717) is 0 Å². The lowest BCUT2D eigenvalue weighted by Crippen LogP contribution is -2.19. The molecule has 0 aliphatic heterocycles. The van der Waals surface area contributed by atoms with Crippen molar-refractivity contribution in [2.75, 3.05) is 0 Å². The van der Waals surface area contributed by atoms with Crippen LogP contribution in [0.2, 0.25) is 0 Å². The van der Waals surface area contributed by atoms with Crippen LogP contribution in [-0.4, -0.2) is 9.13 Å². The Morgan fingerprint density at radius 3 is 2.20 bits per heavy atom. The number of hydrogen-bond donors (Lipinski definition) is 0. The topological polar surface area (TPSA) is 26.9 Å². The van der Waals surface area contributed by atoms with Crippen LogP contribution in [0.3, 0.4) is 0 Å². The average molecular weight is 360 g/mol. The van der Waals surface area contributed by atoms with E-state index >= 15 is 0 Å². The predicted molar refractivity (Wildman–Crippen MR) is 88.5 cm³/mol. The molecule has 2 aromatic rings. The Kier molecular flexibility index (Phi) is 4.09. The number of fused-ring (bicyclic) bond motifs is 1. The molecule has 0 bridgehead atoms. The third-order valence-corrected chi connectivity index (χ3v) is 4.60. The third kappa shape index (κ3) is 2.82. The summed E-state index contributed by atoms with van der Waals surface area (Å²) in [6.07, 6.45) is 0.874. The molecule has 0 fully saturated rings. The van der Waals surface area contributed by atoms with Crippen LogP contribution in [0.15, 0.2) is 21.4 Å². The van der Waals surface area contributed by atoms with Crippen molar-refractivity contribution >= 4 is 38.6 Å². The number of halogens is 2. The van der Waals surface area contributed by atoms with Gasteiger partial charge in [-0.1, -0.05) is 36.7 Å². The van der Waals surface area contributed by atoms with Gasteiger partial charge in [-0.3, -0.25) is 9.13 Å². The van der Waals surface area contributed by atoms with Crippen molar-refractivity contribution < 1.29 is 0 Å².